The third-order valence-electron chi connectivity index (χ3n) is 2.65. The number of nitrogens with two attached hydrogens (primary N) is 1. The first kappa shape index (κ1) is 13.8. The molecule has 2 atom stereocenters. The number of halogens is 3. The summed E-state index contributed by atoms with van der Waals surface area (Å²) in [7, 11) is 0. The Morgan fingerprint density at radius 2 is 2.24 bits per heavy atom. The maximum Gasteiger partial charge on any atom is 0.394 e. The van der Waals surface area contributed by atoms with Gasteiger partial charge in [-0.1, -0.05) is 0 Å². The molecule has 1 aliphatic heterocycles. The summed E-state index contributed by atoms with van der Waals surface area (Å²) in [6.07, 6.45) is -5.16. The lowest BCUT2D eigenvalue weighted by Crippen LogP contribution is -2.70. The van der Waals surface area contributed by atoms with Crippen LogP contribution in [-0.4, -0.2) is 36.7 Å². The minimum atomic E-state index is -4.72. The number of esters is 1. The van der Waals surface area contributed by atoms with E-state index in [2.05, 4.69) is 10.1 Å². The van der Waals surface area contributed by atoms with E-state index in [1.807, 2.05) is 0 Å². The molecule has 8 heteroatoms. The Labute approximate surface area is 95.5 Å². The summed E-state index contributed by atoms with van der Waals surface area (Å²) in [5.41, 5.74) is 2.67. The summed E-state index contributed by atoms with van der Waals surface area (Å²) in [4.78, 5) is 22.9. The van der Waals surface area contributed by atoms with Crippen LogP contribution in [0, 0.1) is 5.92 Å². The number of rotatable bonds is 2. The molecule has 5 nitrogen and oxygen atoms in total. The van der Waals surface area contributed by atoms with Gasteiger partial charge in [-0.2, -0.15) is 13.2 Å². The second-order valence-electron chi connectivity index (χ2n) is 3.73. The van der Waals surface area contributed by atoms with Crippen LogP contribution in [-0.2, 0) is 14.3 Å². The van der Waals surface area contributed by atoms with E-state index in [-0.39, 0.29) is 13.2 Å². The van der Waals surface area contributed by atoms with Gasteiger partial charge in [0, 0.05) is 6.54 Å². The van der Waals surface area contributed by atoms with E-state index >= 15 is 0 Å². The van der Waals surface area contributed by atoms with Gasteiger partial charge in [0.1, 0.15) is 0 Å². The number of amides is 1. The molecule has 3 N–H and O–H groups in total. The third kappa shape index (κ3) is 2.36. The predicted octanol–water partition coefficient (Wildman–Crippen LogP) is -0.0546. The molecule has 0 aromatic rings. The zero-order chi connectivity index (χ0) is 13.3. The highest BCUT2D eigenvalue weighted by atomic mass is 19.4. The highest BCUT2D eigenvalue weighted by Crippen LogP contribution is 2.38. The van der Waals surface area contributed by atoms with Crippen LogP contribution in [0.2, 0.25) is 0 Å². The fraction of sp³-hybridized carbons (Fsp3) is 0.778. The summed E-state index contributed by atoms with van der Waals surface area (Å²) in [5, 5.41) is 2.15. The monoisotopic (exact) mass is 254 g/mol. The van der Waals surface area contributed by atoms with E-state index in [1.165, 1.54) is 6.92 Å². The Morgan fingerprint density at radius 1 is 1.65 bits per heavy atom. The van der Waals surface area contributed by atoms with Gasteiger partial charge in [-0.25, -0.2) is 4.79 Å². The Kier molecular flexibility index (Phi) is 3.65. The van der Waals surface area contributed by atoms with Gasteiger partial charge in [0.2, 0.25) is 5.54 Å². The molecule has 0 bridgehead atoms. The van der Waals surface area contributed by atoms with Gasteiger partial charge in [0.05, 0.1) is 12.5 Å². The highest BCUT2D eigenvalue weighted by molar-refractivity contribution is 6.08. The molecule has 1 aliphatic rings. The molecule has 0 radical (unpaired) electrons. The van der Waals surface area contributed by atoms with E-state index in [9.17, 15) is 22.8 Å². The number of nitrogens with one attached hydrogen (secondary N) is 1. The molecule has 17 heavy (non-hydrogen) atoms. The van der Waals surface area contributed by atoms with Crippen LogP contribution in [0.15, 0.2) is 0 Å². The van der Waals surface area contributed by atoms with Gasteiger partial charge in [0.15, 0.2) is 0 Å². The van der Waals surface area contributed by atoms with E-state index < -0.39 is 35.9 Å². The second kappa shape index (κ2) is 4.52. The van der Waals surface area contributed by atoms with Crippen LogP contribution < -0.4 is 11.1 Å². The maximum atomic E-state index is 12.7. The zero-order valence-electron chi connectivity index (χ0n) is 9.13. The number of hydrogen-bond acceptors (Lipinski definition) is 4. The lowest BCUT2D eigenvalue weighted by atomic mass is 9.78. The van der Waals surface area contributed by atoms with Crippen molar-refractivity contribution in [3.05, 3.63) is 0 Å². The first-order chi connectivity index (χ1) is 7.74. The largest absolute Gasteiger partial charge is 0.464 e. The number of piperidine rings is 1. The third-order valence-corrected chi connectivity index (χ3v) is 2.65. The highest BCUT2D eigenvalue weighted by Gasteiger charge is 2.62. The van der Waals surface area contributed by atoms with Gasteiger partial charge >= 0.3 is 12.1 Å². The second-order valence-corrected chi connectivity index (χ2v) is 3.73. The molecule has 1 saturated heterocycles. The zero-order valence-corrected chi connectivity index (χ0v) is 9.13. The van der Waals surface area contributed by atoms with Crippen molar-refractivity contribution in [3.8, 4) is 0 Å². The van der Waals surface area contributed by atoms with Crippen LogP contribution >= 0.6 is 0 Å². The van der Waals surface area contributed by atoms with Crippen LogP contribution in [0.1, 0.15) is 13.3 Å². The van der Waals surface area contributed by atoms with E-state index in [0.717, 1.165) is 0 Å². The normalized spacial score (nSPS) is 29.7. The average molecular weight is 254 g/mol. The number of hydrogen-bond donors (Lipinski definition) is 2. The van der Waals surface area contributed by atoms with Crippen molar-refractivity contribution in [1.82, 2.24) is 5.32 Å². The van der Waals surface area contributed by atoms with Crippen LogP contribution in [0.25, 0.3) is 0 Å². The van der Waals surface area contributed by atoms with Gasteiger partial charge in [-0.05, 0) is 13.3 Å². The molecular weight excluding hydrogens is 241 g/mol. The molecule has 1 fully saturated rings. The topological polar surface area (TPSA) is 81.4 Å². The molecule has 0 aliphatic carbocycles. The molecule has 0 saturated carbocycles. The van der Waals surface area contributed by atoms with Crippen molar-refractivity contribution < 1.29 is 27.5 Å². The Morgan fingerprint density at radius 3 is 2.71 bits per heavy atom. The molecule has 1 amide bonds. The molecular formula is C9H13F3N2O3. The van der Waals surface area contributed by atoms with Gasteiger partial charge in [-0.15, -0.1) is 0 Å². The lowest BCUT2D eigenvalue weighted by Gasteiger charge is -2.38. The quantitative estimate of drug-likeness (QED) is 0.534. The summed E-state index contributed by atoms with van der Waals surface area (Å²) in [6, 6.07) is 0. The molecule has 0 spiro atoms. The minimum absolute atomic E-state index is 0.143. The predicted molar refractivity (Wildman–Crippen MR) is 50.7 cm³/mol. The fourth-order valence-corrected chi connectivity index (χ4v) is 1.77. The first-order valence-electron chi connectivity index (χ1n) is 5.05. The van der Waals surface area contributed by atoms with Crippen LogP contribution in [0.5, 0.6) is 0 Å². The summed E-state index contributed by atoms with van der Waals surface area (Å²) >= 11 is 0. The van der Waals surface area contributed by atoms with E-state index in [0.29, 0.717) is 0 Å². The Bertz CT molecular complexity index is 332. The number of carbonyl (C=O) groups excluding carboxylic acids is 2. The minimum Gasteiger partial charge on any atom is -0.464 e. The fourth-order valence-electron chi connectivity index (χ4n) is 1.77. The molecule has 0 aromatic heterocycles. The maximum absolute atomic E-state index is 12.7. The van der Waals surface area contributed by atoms with Gasteiger partial charge in [-0.3, -0.25) is 4.79 Å². The molecule has 1 rings (SSSR count). The Balaban J connectivity index is 3.10. The number of carbonyl (C=O) groups is 2. The molecule has 2 unspecified atom stereocenters. The molecule has 0 aromatic carbocycles. The molecule has 1 heterocycles. The van der Waals surface area contributed by atoms with Crippen molar-refractivity contribution in [2.24, 2.45) is 11.7 Å². The summed E-state index contributed by atoms with van der Waals surface area (Å²) in [6.45, 7) is 1.11. The average Bonchev–Trinajstić information content (AvgIpc) is 2.20. The summed E-state index contributed by atoms with van der Waals surface area (Å²) < 4.78 is 42.7. The Hall–Kier alpha value is -1.31. The number of alkyl halides is 3. The smallest absolute Gasteiger partial charge is 0.394 e. The van der Waals surface area contributed by atoms with Crippen molar-refractivity contribution in [2.75, 3.05) is 13.2 Å². The van der Waals surface area contributed by atoms with Crippen LogP contribution in [0.3, 0.4) is 0 Å². The van der Waals surface area contributed by atoms with Crippen molar-refractivity contribution >= 4 is 11.9 Å². The van der Waals surface area contributed by atoms with E-state index in [1.54, 1.807) is 0 Å². The van der Waals surface area contributed by atoms with Gasteiger partial charge < -0.3 is 15.8 Å². The van der Waals surface area contributed by atoms with Gasteiger partial charge in [0.25, 0.3) is 5.91 Å². The molecule has 98 valence electrons. The van der Waals surface area contributed by atoms with Crippen LogP contribution in [0.4, 0.5) is 13.2 Å². The van der Waals surface area contributed by atoms with Crippen molar-refractivity contribution in [1.29, 1.82) is 0 Å². The summed E-state index contributed by atoms with van der Waals surface area (Å²) in [5.74, 6) is -4.72. The van der Waals surface area contributed by atoms with E-state index in [4.69, 9.17) is 5.73 Å². The SMILES string of the molecule is CCOC(=O)C1(N)C(=O)NCCC1C(F)(F)F. The van der Waals surface area contributed by atoms with Crippen molar-refractivity contribution in [2.45, 2.75) is 25.1 Å². The standard InChI is InChI=1S/C9H13F3N2O3/c1-2-17-7(16)8(13)5(9(10,11)12)3-4-14-6(8)15/h5H,2-4,13H2,1H3,(H,14,15). The number of ether oxygens (including phenoxy) is 1. The van der Waals surface area contributed by atoms with Crippen molar-refractivity contribution in [3.63, 3.8) is 0 Å². The first-order valence-corrected chi connectivity index (χ1v) is 5.05. The lowest BCUT2D eigenvalue weighted by molar-refractivity contribution is -0.208.